The largest absolute Gasteiger partial charge is 1.00 e. The summed E-state index contributed by atoms with van der Waals surface area (Å²) >= 11 is 0. The van der Waals surface area contributed by atoms with Gasteiger partial charge in [0.1, 0.15) is 26.4 Å². The van der Waals surface area contributed by atoms with E-state index in [0.717, 1.165) is 51.4 Å². The van der Waals surface area contributed by atoms with E-state index >= 15 is 0 Å². The average molecular weight is 386 g/mol. The first kappa shape index (κ1) is 24.5. The van der Waals surface area contributed by atoms with Gasteiger partial charge in [0.2, 0.25) is 5.14 Å². The van der Waals surface area contributed by atoms with E-state index in [4.69, 9.17) is 19.4 Å². The summed E-state index contributed by atoms with van der Waals surface area (Å²) < 4.78 is 0. The molecule has 0 saturated heterocycles. The minimum Gasteiger partial charge on any atom is -1.00 e. The normalized spacial score (nSPS) is 11.5. The van der Waals surface area contributed by atoms with Gasteiger partial charge in [-0.3, -0.25) is 0 Å². The molecule has 0 aliphatic carbocycles. The van der Waals surface area contributed by atoms with Crippen molar-refractivity contribution >= 4 is 0 Å². The van der Waals surface area contributed by atoms with Crippen molar-refractivity contribution in [1.29, 1.82) is 0 Å². The maximum atomic E-state index is 5.78. The standard InChI is InChI=1S/C16H36NO4.BrH/c1-5-9-13-18-17(19-14-10-6-2,20-15-11-7-3)21-16-12-8-4;/h5-16H2,1-4H3;1H/q+1;/p-1. The predicted molar refractivity (Wildman–Crippen MR) is 83.7 cm³/mol. The Bertz CT molecular complexity index is 175. The Morgan fingerprint density at radius 3 is 0.909 bits per heavy atom. The molecule has 0 aliphatic rings. The lowest BCUT2D eigenvalue weighted by molar-refractivity contribution is -1.47. The number of hydrogen-bond donors (Lipinski definition) is 0. The molecule has 6 heteroatoms. The number of quaternary nitrogens is 1. The third-order valence-electron chi connectivity index (χ3n) is 2.99. The van der Waals surface area contributed by atoms with E-state index in [1.54, 1.807) is 0 Å². The molecule has 0 spiro atoms. The highest BCUT2D eigenvalue weighted by atomic mass is 79.9. The van der Waals surface area contributed by atoms with Crippen molar-refractivity contribution in [2.45, 2.75) is 79.1 Å². The molecule has 0 fully saturated rings. The van der Waals surface area contributed by atoms with E-state index in [9.17, 15) is 0 Å². The molecule has 136 valence electrons. The van der Waals surface area contributed by atoms with Gasteiger partial charge in [0.05, 0.1) is 0 Å². The van der Waals surface area contributed by atoms with Crippen molar-refractivity contribution in [3.8, 4) is 0 Å². The fourth-order valence-corrected chi connectivity index (χ4v) is 1.51. The summed E-state index contributed by atoms with van der Waals surface area (Å²) in [6.07, 6.45) is 8.13. The Hall–Kier alpha value is 0.280. The zero-order chi connectivity index (χ0) is 15.8. The highest BCUT2D eigenvalue weighted by Crippen LogP contribution is 2.17. The van der Waals surface area contributed by atoms with Crippen LogP contribution in [0.4, 0.5) is 0 Å². The molecule has 0 N–H and O–H groups in total. The summed E-state index contributed by atoms with van der Waals surface area (Å²) in [5, 5.41) is -0.556. The summed E-state index contributed by atoms with van der Waals surface area (Å²) in [5.74, 6) is 0. The third-order valence-corrected chi connectivity index (χ3v) is 2.99. The first-order valence-corrected chi connectivity index (χ1v) is 8.71. The highest BCUT2D eigenvalue weighted by Gasteiger charge is 2.38. The second-order valence-electron chi connectivity index (χ2n) is 5.19. The Morgan fingerprint density at radius 1 is 0.500 bits per heavy atom. The van der Waals surface area contributed by atoms with Gasteiger partial charge in [-0.2, -0.15) is 0 Å². The molecule has 0 aromatic rings. The molecule has 0 rings (SSSR count). The van der Waals surface area contributed by atoms with Crippen molar-refractivity contribution in [2.75, 3.05) is 26.4 Å². The van der Waals surface area contributed by atoms with Gasteiger partial charge in [-0.1, -0.05) is 72.7 Å². The van der Waals surface area contributed by atoms with Crippen LogP contribution in [0.15, 0.2) is 0 Å². The lowest BCUT2D eigenvalue weighted by atomic mass is 10.4. The molecule has 0 bridgehead atoms. The Balaban J connectivity index is 0. The Labute approximate surface area is 147 Å². The van der Waals surface area contributed by atoms with Crippen LogP contribution in [0.2, 0.25) is 0 Å². The van der Waals surface area contributed by atoms with Gasteiger partial charge in [-0.05, 0) is 25.7 Å². The molecule has 0 radical (unpaired) electrons. The lowest BCUT2D eigenvalue weighted by Gasteiger charge is -2.26. The lowest BCUT2D eigenvalue weighted by Crippen LogP contribution is -3.00. The summed E-state index contributed by atoms with van der Waals surface area (Å²) in [4.78, 5) is 23.1. The SMILES string of the molecule is CCCCO[N+](OCCCC)(OCCCC)OCCCC.[Br-]. The van der Waals surface area contributed by atoms with Gasteiger partial charge < -0.3 is 17.0 Å². The van der Waals surface area contributed by atoms with E-state index in [1.165, 1.54) is 0 Å². The fourth-order valence-electron chi connectivity index (χ4n) is 1.51. The summed E-state index contributed by atoms with van der Waals surface area (Å²) in [6, 6.07) is 0. The van der Waals surface area contributed by atoms with Crippen molar-refractivity contribution in [1.82, 2.24) is 0 Å². The second kappa shape index (κ2) is 17.6. The zero-order valence-electron chi connectivity index (χ0n) is 14.9. The van der Waals surface area contributed by atoms with Crippen LogP contribution >= 0.6 is 0 Å². The monoisotopic (exact) mass is 385 g/mol. The van der Waals surface area contributed by atoms with E-state index in [1.807, 2.05) is 0 Å². The minimum absolute atomic E-state index is 0. The number of unbranched alkanes of at least 4 members (excludes halogenated alkanes) is 4. The molecule has 0 atom stereocenters. The van der Waals surface area contributed by atoms with Gasteiger partial charge in [0, 0.05) is 0 Å². The molecule has 0 heterocycles. The average Bonchev–Trinajstić information content (AvgIpc) is 2.48. The number of halogens is 1. The first-order valence-electron chi connectivity index (χ1n) is 8.71. The summed E-state index contributed by atoms with van der Waals surface area (Å²) in [7, 11) is 0. The fraction of sp³-hybridized carbons (Fsp3) is 1.00. The van der Waals surface area contributed by atoms with Gasteiger partial charge in [-0.25, -0.2) is 0 Å². The Morgan fingerprint density at radius 2 is 0.727 bits per heavy atom. The van der Waals surface area contributed by atoms with Crippen molar-refractivity contribution in [2.24, 2.45) is 0 Å². The van der Waals surface area contributed by atoms with Crippen molar-refractivity contribution < 1.29 is 41.5 Å². The molecule has 0 amide bonds. The molecule has 0 aromatic carbocycles. The molecular formula is C16H36BrNO4. The summed E-state index contributed by atoms with van der Waals surface area (Å²) in [6.45, 7) is 10.8. The van der Waals surface area contributed by atoms with Crippen molar-refractivity contribution in [3.05, 3.63) is 0 Å². The van der Waals surface area contributed by atoms with Crippen LogP contribution in [0, 0.1) is 0 Å². The number of rotatable bonds is 16. The van der Waals surface area contributed by atoms with Crippen LogP contribution in [0.5, 0.6) is 0 Å². The molecule has 0 aromatic heterocycles. The van der Waals surface area contributed by atoms with Crippen LogP contribution in [0.25, 0.3) is 0 Å². The van der Waals surface area contributed by atoms with Crippen LogP contribution < -0.4 is 17.0 Å². The van der Waals surface area contributed by atoms with E-state index in [0.29, 0.717) is 26.4 Å². The topological polar surface area (TPSA) is 36.9 Å². The van der Waals surface area contributed by atoms with Crippen molar-refractivity contribution in [3.63, 3.8) is 0 Å². The first-order chi connectivity index (χ1) is 10.2. The van der Waals surface area contributed by atoms with Gasteiger partial charge in [-0.15, -0.1) is 0 Å². The third kappa shape index (κ3) is 12.8. The predicted octanol–water partition coefficient (Wildman–Crippen LogP) is 1.73. The maximum absolute atomic E-state index is 5.78. The van der Waals surface area contributed by atoms with Gasteiger partial charge in [0.15, 0.2) is 0 Å². The zero-order valence-corrected chi connectivity index (χ0v) is 16.5. The van der Waals surface area contributed by atoms with E-state index < -0.39 is 5.14 Å². The summed E-state index contributed by atoms with van der Waals surface area (Å²) in [5.41, 5.74) is 0. The van der Waals surface area contributed by atoms with E-state index in [2.05, 4.69) is 27.7 Å². The van der Waals surface area contributed by atoms with E-state index in [-0.39, 0.29) is 17.0 Å². The van der Waals surface area contributed by atoms with Gasteiger partial charge >= 0.3 is 0 Å². The van der Waals surface area contributed by atoms with Crippen LogP contribution in [-0.4, -0.2) is 31.6 Å². The van der Waals surface area contributed by atoms with Crippen LogP contribution in [0.1, 0.15) is 79.1 Å². The number of hydrogen-bond acceptors (Lipinski definition) is 4. The minimum atomic E-state index is -0.556. The highest BCUT2D eigenvalue weighted by molar-refractivity contribution is 4.29. The quantitative estimate of drug-likeness (QED) is 0.230. The number of nitrogens with zero attached hydrogens (tertiary/aromatic N) is 1. The molecule has 0 saturated carbocycles. The maximum Gasteiger partial charge on any atom is 0.247 e. The Kier molecular flexibility index (Phi) is 19.7. The molecule has 0 aliphatic heterocycles. The molecule has 0 unspecified atom stereocenters. The van der Waals surface area contributed by atoms with Gasteiger partial charge in [0.25, 0.3) is 0 Å². The molecular weight excluding hydrogens is 350 g/mol. The second-order valence-corrected chi connectivity index (χ2v) is 5.19. The smallest absolute Gasteiger partial charge is 0.247 e. The van der Waals surface area contributed by atoms with Crippen LogP contribution in [-0.2, 0) is 19.4 Å². The van der Waals surface area contributed by atoms with Crippen LogP contribution in [0.3, 0.4) is 0 Å². The molecule has 5 nitrogen and oxygen atoms in total. The molecule has 22 heavy (non-hydrogen) atoms.